The molecule has 0 radical (unpaired) electrons. The number of carbonyl (C=O) groups excluding carboxylic acids is 1. The number of quaternary nitrogens is 1. The number of benzene rings is 1. The molecule has 0 bridgehead atoms. The maximum absolute atomic E-state index is 10.1. The van der Waals surface area contributed by atoms with Crippen molar-refractivity contribution >= 4 is 6.29 Å². The summed E-state index contributed by atoms with van der Waals surface area (Å²) in [5, 5.41) is 8.85. The summed E-state index contributed by atoms with van der Waals surface area (Å²) in [4.78, 5) is 11.6. The van der Waals surface area contributed by atoms with E-state index in [9.17, 15) is 4.79 Å². The molecule has 0 aliphatic carbocycles. The molecule has 1 aliphatic rings. The highest BCUT2D eigenvalue weighted by Crippen LogP contribution is 2.10. The maximum atomic E-state index is 10.1. The van der Waals surface area contributed by atoms with Gasteiger partial charge in [0.2, 0.25) is 0 Å². The third-order valence-electron chi connectivity index (χ3n) is 6.36. The van der Waals surface area contributed by atoms with Crippen LogP contribution in [0, 0.1) is 0 Å². The van der Waals surface area contributed by atoms with E-state index in [2.05, 4.69) is 43.3 Å². The normalized spacial score (nSPS) is 14.8. The summed E-state index contributed by atoms with van der Waals surface area (Å²) in [5.41, 5.74) is 2.95. The first kappa shape index (κ1) is 32.3. The Balaban J connectivity index is 0.000000635. The highest BCUT2D eigenvalue weighted by atomic mass is 127. The third kappa shape index (κ3) is 18.3. The van der Waals surface area contributed by atoms with E-state index in [-0.39, 0.29) is 24.0 Å². The molecule has 1 atom stereocenters. The van der Waals surface area contributed by atoms with Crippen LogP contribution < -0.4 is 28.9 Å². The van der Waals surface area contributed by atoms with Gasteiger partial charge in [0, 0.05) is 18.4 Å². The van der Waals surface area contributed by atoms with Crippen LogP contribution in [0.4, 0.5) is 0 Å². The zero-order valence-electron chi connectivity index (χ0n) is 21.2. The predicted octanol–water partition coefficient (Wildman–Crippen LogP) is 2.85. The largest absolute Gasteiger partial charge is 1.00 e. The fraction of sp³-hybridized carbons (Fsp3) is 0.690. The average Bonchev–Trinajstić information content (AvgIpc) is 2.82. The zero-order chi connectivity index (χ0) is 23.1. The molecule has 1 aromatic carbocycles. The highest BCUT2D eigenvalue weighted by molar-refractivity contribution is 5.48. The molecule has 2 rings (SSSR count). The van der Waals surface area contributed by atoms with Crippen LogP contribution >= 0.6 is 0 Å². The molecule has 190 valence electrons. The van der Waals surface area contributed by atoms with E-state index in [1.807, 2.05) is 0 Å². The number of fused-ring (bicyclic) bond motifs is 1. The highest BCUT2D eigenvalue weighted by Gasteiger charge is 2.17. The Morgan fingerprint density at radius 1 is 0.818 bits per heavy atom. The summed E-state index contributed by atoms with van der Waals surface area (Å²) in [6, 6.07) is 8.62. The van der Waals surface area contributed by atoms with Gasteiger partial charge in [-0.15, -0.1) is 0 Å². The van der Waals surface area contributed by atoms with Crippen LogP contribution in [-0.4, -0.2) is 31.1 Å². The van der Waals surface area contributed by atoms with Gasteiger partial charge in [0.25, 0.3) is 0 Å². The molecule has 0 spiro atoms. The molecule has 0 aromatic heterocycles. The standard InChI is InChI=1S/C18H34O.C11H15NO.HI/c1-2-3-4-5-6-7-8-9-10-11-12-13-14-15-16-17-18-19;13-8-7-12-6-5-10-3-1-2-4-11(10)9-12;/h9-10,18H,2-8,11-17H2,1H3;1-4,13H,5-9H2;1H/b10-9-;;. The van der Waals surface area contributed by atoms with Gasteiger partial charge in [0.05, 0.1) is 13.2 Å². The summed E-state index contributed by atoms with van der Waals surface area (Å²) in [6.45, 7) is 5.70. The number of hydrogen-bond acceptors (Lipinski definition) is 2. The molecule has 33 heavy (non-hydrogen) atoms. The number of nitrogens with one attached hydrogen (secondary N) is 1. The van der Waals surface area contributed by atoms with Crippen molar-refractivity contribution in [3.63, 3.8) is 0 Å². The number of allylic oxidation sites excluding steroid dienone is 2. The third-order valence-corrected chi connectivity index (χ3v) is 6.36. The van der Waals surface area contributed by atoms with Crippen molar-refractivity contribution in [2.24, 2.45) is 0 Å². The fourth-order valence-corrected chi connectivity index (χ4v) is 4.31. The Bertz CT molecular complexity index is 591. The second-order valence-electron chi connectivity index (χ2n) is 9.21. The second kappa shape index (κ2) is 24.4. The Kier molecular flexibility index (Phi) is 23.9. The van der Waals surface area contributed by atoms with Crippen LogP contribution in [0.3, 0.4) is 0 Å². The van der Waals surface area contributed by atoms with Crippen LogP contribution in [0.2, 0.25) is 0 Å². The monoisotopic (exact) mass is 571 g/mol. The van der Waals surface area contributed by atoms with Crippen LogP contribution in [0.1, 0.15) is 108 Å². The van der Waals surface area contributed by atoms with Crippen LogP contribution in [-0.2, 0) is 17.8 Å². The topological polar surface area (TPSA) is 41.7 Å². The lowest BCUT2D eigenvalue weighted by Gasteiger charge is -2.24. The van der Waals surface area contributed by atoms with Crippen molar-refractivity contribution in [2.45, 2.75) is 110 Å². The summed E-state index contributed by atoms with van der Waals surface area (Å²) < 4.78 is 0. The zero-order valence-corrected chi connectivity index (χ0v) is 23.4. The Hall–Kier alpha value is -0.720. The Morgan fingerprint density at radius 2 is 1.36 bits per heavy atom. The summed E-state index contributed by atoms with van der Waals surface area (Å²) >= 11 is 0. The van der Waals surface area contributed by atoms with Gasteiger partial charge in [0.1, 0.15) is 19.4 Å². The number of hydrogen-bond donors (Lipinski definition) is 2. The van der Waals surface area contributed by atoms with Crippen molar-refractivity contribution in [3.05, 3.63) is 47.5 Å². The van der Waals surface area contributed by atoms with E-state index in [4.69, 9.17) is 5.11 Å². The van der Waals surface area contributed by atoms with E-state index < -0.39 is 0 Å². The molecular weight excluding hydrogens is 521 g/mol. The maximum Gasteiger partial charge on any atom is 0.119 e. The summed E-state index contributed by atoms with van der Waals surface area (Å²) in [5.74, 6) is 0. The van der Waals surface area contributed by atoms with E-state index in [0.29, 0.717) is 6.61 Å². The van der Waals surface area contributed by atoms with Crippen molar-refractivity contribution in [3.8, 4) is 0 Å². The minimum Gasteiger partial charge on any atom is -1.00 e. The lowest BCUT2D eigenvalue weighted by molar-refractivity contribution is -0.916. The van der Waals surface area contributed by atoms with Gasteiger partial charge in [-0.05, 0) is 37.7 Å². The molecule has 1 aliphatic heterocycles. The molecular formula is C29H50INO2. The predicted molar refractivity (Wildman–Crippen MR) is 137 cm³/mol. The minimum absolute atomic E-state index is 0. The van der Waals surface area contributed by atoms with Crippen LogP contribution in [0.15, 0.2) is 36.4 Å². The van der Waals surface area contributed by atoms with Crippen LogP contribution in [0.5, 0.6) is 0 Å². The molecule has 0 amide bonds. The first-order valence-electron chi connectivity index (χ1n) is 13.4. The SMILES string of the molecule is CCCCCCCC/C=C\CCCCCCCC=O.OCC[NH+]1CCc2ccccc2C1.[I-]. The number of aldehydes is 1. The average molecular weight is 572 g/mol. The molecule has 2 N–H and O–H groups in total. The Morgan fingerprint density at radius 3 is 1.94 bits per heavy atom. The number of aliphatic hydroxyl groups is 1. The lowest BCUT2D eigenvalue weighted by atomic mass is 10.0. The van der Waals surface area contributed by atoms with Gasteiger partial charge in [0.15, 0.2) is 0 Å². The Labute approximate surface area is 221 Å². The van der Waals surface area contributed by atoms with Crippen molar-refractivity contribution < 1.29 is 38.8 Å². The fourth-order valence-electron chi connectivity index (χ4n) is 4.31. The van der Waals surface area contributed by atoms with Gasteiger partial charge >= 0.3 is 0 Å². The lowest BCUT2D eigenvalue weighted by Crippen LogP contribution is -3.12. The number of aliphatic hydroxyl groups excluding tert-OH is 1. The van der Waals surface area contributed by atoms with Gasteiger partial charge < -0.3 is 38.8 Å². The first-order valence-corrected chi connectivity index (χ1v) is 13.4. The van der Waals surface area contributed by atoms with Crippen molar-refractivity contribution in [1.29, 1.82) is 0 Å². The van der Waals surface area contributed by atoms with E-state index in [1.165, 1.54) is 93.1 Å². The van der Waals surface area contributed by atoms with Gasteiger partial charge in [-0.3, -0.25) is 0 Å². The summed E-state index contributed by atoms with van der Waals surface area (Å²) in [6.07, 6.45) is 24.8. The van der Waals surface area contributed by atoms with Gasteiger partial charge in [-0.2, -0.15) is 0 Å². The van der Waals surface area contributed by atoms with Crippen LogP contribution in [0.25, 0.3) is 0 Å². The molecule has 4 heteroatoms. The number of halogens is 1. The minimum atomic E-state index is 0. The number of rotatable bonds is 17. The van der Waals surface area contributed by atoms with E-state index in [0.717, 1.165) is 45.2 Å². The number of carbonyl (C=O) groups is 1. The van der Waals surface area contributed by atoms with E-state index >= 15 is 0 Å². The quantitative estimate of drug-likeness (QED) is 0.131. The summed E-state index contributed by atoms with van der Waals surface area (Å²) in [7, 11) is 0. The molecule has 0 saturated heterocycles. The molecule has 1 heterocycles. The molecule has 0 saturated carbocycles. The van der Waals surface area contributed by atoms with Crippen molar-refractivity contribution in [1.82, 2.24) is 0 Å². The van der Waals surface area contributed by atoms with Crippen molar-refractivity contribution in [2.75, 3.05) is 19.7 Å². The molecule has 1 unspecified atom stereocenters. The smallest absolute Gasteiger partial charge is 0.119 e. The molecule has 3 nitrogen and oxygen atoms in total. The molecule has 1 aromatic rings. The second-order valence-corrected chi connectivity index (χ2v) is 9.21. The number of unbranched alkanes of at least 4 members (excludes halogenated alkanes) is 12. The van der Waals surface area contributed by atoms with Gasteiger partial charge in [-0.25, -0.2) is 0 Å². The van der Waals surface area contributed by atoms with E-state index in [1.54, 1.807) is 0 Å². The first-order chi connectivity index (χ1) is 15.8. The molecule has 0 fully saturated rings. The van der Waals surface area contributed by atoms with Gasteiger partial charge in [-0.1, -0.05) is 94.7 Å².